The first-order chi connectivity index (χ1) is 13.3. The van der Waals surface area contributed by atoms with E-state index in [2.05, 4.69) is 5.32 Å². The summed E-state index contributed by atoms with van der Waals surface area (Å²) >= 11 is 0. The Hall–Kier alpha value is -3.16. The van der Waals surface area contributed by atoms with E-state index < -0.39 is 34.1 Å². The number of carbonyl (C=O) groups excluding carboxylic acids is 2. The molecule has 0 aromatic heterocycles. The van der Waals surface area contributed by atoms with Crippen LogP contribution in [0.3, 0.4) is 0 Å². The highest BCUT2D eigenvalue weighted by molar-refractivity contribution is 5.88. The van der Waals surface area contributed by atoms with E-state index in [9.17, 15) is 23.5 Å². The predicted molar refractivity (Wildman–Crippen MR) is 104 cm³/mol. The maximum absolute atomic E-state index is 13.4. The van der Waals surface area contributed by atoms with Crippen LogP contribution in [0.1, 0.15) is 33.3 Å². The number of hydrogen-bond acceptors (Lipinski definition) is 4. The van der Waals surface area contributed by atoms with Crippen LogP contribution in [0.4, 0.5) is 8.78 Å². The Morgan fingerprint density at radius 2 is 1.69 bits per heavy atom. The summed E-state index contributed by atoms with van der Waals surface area (Å²) in [6, 6.07) is 7.69. The Kier molecular flexibility index (Phi) is 6.15. The van der Waals surface area contributed by atoms with E-state index in [4.69, 9.17) is 10.5 Å². The Bertz CT molecular complexity index is 925. The summed E-state index contributed by atoms with van der Waals surface area (Å²) in [4.78, 5) is 24.0. The van der Waals surface area contributed by atoms with Gasteiger partial charge in [-0.05, 0) is 45.4 Å². The Morgan fingerprint density at radius 1 is 1.10 bits per heavy atom. The van der Waals surface area contributed by atoms with E-state index in [1.54, 1.807) is 39.8 Å². The third-order valence-electron chi connectivity index (χ3n) is 4.72. The van der Waals surface area contributed by atoms with Gasteiger partial charge in [0.1, 0.15) is 11.6 Å². The molecule has 29 heavy (non-hydrogen) atoms. The van der Waals surface area contributed by atoms with Crippen LogP contribution in [0, 0.1) is 17.0 Å². The molecule has 8 heteroatoms. The van der Waals surface area contributed by atoms with Crippen LogP contribution in [0.25, 0.3) is 0 Å². The van der Waals surface area contributed by atoms with Gasteiger partial charge in [-0.2, -0.15) is 0 Å². The lowest BCUT2D eigenvalue weighted by Crippen LogP contribution is -2.47. The first kappa shape index (κ1) is 22.1. The molecule has 2 aromatic carbocycles. The third-order valence-corrected chi connectivity index (χ3v) is 4.72. The number of ether oxygens (including phenoxy) is 1. The van der Waals surface area contributed by atoms with Crippen LogP contribution in [0.2, 0.25) is 0 Å². The van der Waals surface area contributed by atoms with Gasteiger partial charge in [-0.15, -0.1) is 0 Å². The molecular formula is C21H24F2N2O4. The lowest BCUT2D eigenvalue weighted by molar-refractivity contribution is -0.128. The predicted octanol–water partition coefficient (Wildman–Crippen LogP) is 3.37. The number of halogens is 2. The highest BCUT2D eigenvalue weighted by Gasteiger charge is 2.32. The highest BCUT2D eigenvalue weighted by Crippen LogP contribution is 2.34. The first-order valence-electron chi connectivity index (χ1n) is 8.89. The van der Waals surface area contributed by atoms with Gasteiger partial charge < -0.3 is 20.9 Å². The number of carbonyl (C=O) groups is 2. The van der Waals surface area contributed by atoms with E-state index in [0.717, 1.165) is 6.07 Å². The summed E-state index contributed by atoms with van der Waals surface area (Å²) in [6.07, 6.45) is 0. The SMILES string of the molecule is CC(C)(CNC(=O)C(C)(C)c1ccc(Oc2cc(F)cc(F)c2O)cc1)C(N)=O. The number of phenolic OH excluding ortho intramolecular Hbond substituents is 1. The number of nitrogens with one attached hydrogen (secondary N) is 1. The highest BCUT2D eigenvalue weighted by atomic mass is 19.1. The normalized spacial score (nSPS) is 11.8. The van der Waals surface area contributed by atoms with Gasteiger partial charge in [-0.3, -0.25) is 9.59 Å². The van der Waals surface area contributed by atoms with Gasteiger partial charge in [0, 0.05) is 18.7 Å². The van der Waals surface area contributed by atoms with Crippen molar-refractivity contribution in [1.82, 2.24) is 5.32 Å². The Balaban J connectivity index is 2.14. The lowest BCUT2D eigenvalue weighted by atomic mass is 9.83. The number of primary amides is 1. The summed E-state index contributed by atoms with van der Waals surface area (Å²) < 4.78 is 32.1. The van der Waals surface area contributed by atoms with E-state index in [1.165, 1.54) is 12.1 Å². The van der Waals surface area contributed by atoms with Crippen LogP contribution >= 0.6 is 0 Å². The second-order valence-electron chi connectivity index (χ2n) is 7.92. The van der Waals surface area contributed by atoms with Gasteiger partial charge in [-0.1, -0.05) is 12.1 Å². The molecule has 0 spiro atoms. The minimum atomic E-state index is -1.13. The largest absolute Gasteiger partial charge is 0.502 e. The van der Waals surface area contributed by atoms with Gasteiger partial charge in [0.2, 0.25) is 11.8 Å². The van der Waals surface area contributed by atoms with Crippen molar-refractivity contribution in [2.45, 2.75) is 33.1 Å². The van der Waals surface area contributed by atoms with Crippen molar-refractivity contribution < 1.29 is 28.2 Å². The molecule has 0 aliphatic rings. The first-order valence-corrected chi connectivity index (χ1v) is 8.89. The van der Waals surface area contributed by atoms with Crippen LogP contribution in [-0.4, -0.2) is 23.5 Å². The fourth-order valence-corrected chi connectivity index (χ4v) is 2.43. The van der Waals surface area contributed by atoms with Crippen molar-refractivity contribution in [3.8, 4) is 17.2 Å². The number of nitrogens with two attached hydrogens (primary N) is 1. The van der Waals surface area contributed by atoms with Crippen molar-refractivity contribution in [3.05, 3.63) is 53.6 Å². The van der Waals surface area contributed by atoms with E-state index in [1.807, 2.05) is 0 Å². The average molecular weight is 406 g/mol. The summed E-state index contributed by atoms with van der Waals surface area (Å²) in [5.74, 6) is -3.77. The second kappa shape index (κ2) is 8.06. The molecule has 0 atom stereocenters. The van der Waals surface area contributed by atoms with Gasteiger partial charge in [-0.25, -0.2) is 8.78 Å². The molecule has 0 saturated heterocycles. The molecule has 2 rings (SSSR count). The molecule has 0 aliphatic heterocycles. The Labute approximate surface area is 167 Å². The zero-order chi connectivity index (χ0) is 22.0. The number of benzene rings is 2. The molecule has 0 unspecified atom stereocenters. The molecule has 0 saturated carbocycles. The van der Waals surface area contributed by atoms with Crippen molar-refractivity contribution in [3.63, 3.8) is 0 Å². The molecular weight excluding hydrogens is 382 g/mol. The summed E-state index contributed by atoms with van der Waals surface area (Å²) in [7, 11) is 0. The second-order valence-corrected chi connectivity index (χ2v) is 7.92. The quantitative estimate of drug-likeness (QED) is 0.656. The topological polar surface area (TPSA) is 102 Å². The minimum absolute atomic E-state index is 0.0935. The zero-order valence-electron chi connectivity index (χ0n) is 16.7. The van der Waals surface area contributed by atoms with Crippen LogP contribution in [-0.2, 0) is 15.0 Å². The van der Waals surface area contributed by atoms with E-state index >= 15 is 0 Å². The van der Waals surface area contributed by atoms with Crippen molar-refractivity contribution in [2.24, 2.45) is 11.1 Å². The molecule has 156 valence electrons. The van der Waals surface area contributed by atoms with Gasteiger partial charge in [0.15, 0.2) is 17.3 Å². The van der Waals surface area contributed by atoms with Crippen molar-refractivity contribution >= 4 is 11.8 Å². The fraction of sp³-hybridized carbons (Fsp3) is 0.333. The maximum atomic E-state index is 13.4. The average Bonchev–Trinajstić information content (AvgIpc) is 2.64. The summed E-state index contributed by atoms with van der Waals surface area (Å²) in [6.45, 7) is 6.79. The molecule has 0 radical (unpaired) electrons. The minimum Gasteiger partial charge on any atom is -0.502 e. The smallest absolute Gasteiger partial charge is 0.230 e. The summed E-state index contributed by atoms with van der Waals surface area (Å²) in [5.41, 5.74) is 4.15. The molecule has 6 nitrogen and oxygen atoms in total. The molecule has 0 fully saturated rings. The monoisotopic (exact) mass is 406 g/mol. The van der Waals surface area contributed by atoms with Gasteiger partial charge in [0.05, 0.1) is 10.8 Å². The fourth-order valence-electron chi connectivity index (χ4n) is 2.43. The number of hydrogen-bond donors (Lipinski definition) is 3. The molecule has 0 bridgehead atoms. The number of aromatic hydroxyl groups is 1. The van der Waals surface area contributed by atoms with E-state index in [0.29, 0.717) is 11.6 Å². The summed E-state index contributed by atoms with van der Waals surface area (Å²) in [5, 5.41) is 12.4. The van der Waals surface area contributed by atoms with Gasteiger partial charge >= 0.3 is 0 Å². The van der Waals surface area contributed by atoms with E-state index in [-0.39, 0.29) is 24.0 Å². The molecule has 0 aliphatic carbocycles. The molecule has 2 amide bonds. The zero-order valence-corrected chi connectivity index (χ0v) is 16.7. The third kappa shape index (κ3) is 5.01. The molecule has 2 aromatic rings. The van der Waals surface area contributed by atoms with Crippen molar-refractivity contribution in [1.29, 1.82) is 0 Å². The van der Waals surface area contributed by atoms with Crippen LogP contribution in [0.15, 0.2) is 36.4 Å². The maximum Gasteiger partial charge on any atom is 0.230 e. The molecule has 0 heterocycles. The number of phenols is 1. The van der Waals surface area contributed by atoms with Gasteiger partial charge in [0.25, 0.3) is 0 Å². The lowest BCUT2D eigenvalue weighted by Gasteiger charge is -2.27. The number of amides is 2. The molecule has 4 N–H and O–H groups in total. The van der Waals surface area contributed by atoms with Crippen molar-refractivity contribution in [2.75, 3.05) is 6.54 Å². The van der Waals surface area contributed by atoms with Crippen LogP contribution in [0.5, 0.6) is 17.2 Å². The number of rotatable bonds is 7. The standard InChI is InChI=1S/C21H24F2N2O4/c1-20(2,18(24)27)11-25-19(28)21(3,4)12-5-7-14(8-6-12)29-16-10-13(22)9-15(23)17(16)26/h5-10,26H,11H2,1-4H3,(H2,24,27)(H,25,28). The van der Waals surface area contributed by atoms with Crippen LogP contribution < -0.4 is 15.8 Å². The Morgan fingerprint density at radius 3 is 2.24 bits per heavy atom.